The van der Waals surface area contributed by atoms with Gasteiger partial charge in [-0.25, -0.2) is 0 Å². The van der Waals surface area contributed by atoms with Crippen molar-refractivity contribution in [2.45, 2.75) is 59.9 Å². The first kappa shape index (κ1) is 19.8. The van der Waals surface area contributed by atoms with Gasteiger partial charge >= 0.3 is 0 Å². The third kappa shape index (κ3) is 4.15. The van der Waals surface area contributed by atoms with Crippen LogP contribution in [0.2, 0.25) is 0 Å². The van der Waals surface area contributed by atoms with Crippen LogP contribution in [0.4, 0.5) is 0 Å². The number of hydrazine groups is 1. The monoisotopic (exact) mass is 355 g/mol. The van der Waals surface area contributed by atoms with Crippen LogP contribution in [0.15, 0.2) is 30.3 Å². The molecule has 0 aliphatic rings. The predicted octanol–water partition coefficient (Wildman–Crippen LogP) is 4.06. The highest BCUT2D eigenvalue weighted by Crippen LogP contribution is 2.22. The molecule has 26 heavy (non-hydrogen) atoms. The van der Waals surface area contributed by atoms with Crippen LogP contribution >= 0.6 is 0 Å². The molecule has 0 saturated carbocycles. The Bertz CT molecular complexity index is 809. The average Bonchev–Trinajstić information content (AvgIpc) is 2.86. The van der Waals surface area contributed by atoms with E-state index in [2.05, 4.69) is 50.0 Å². The van der Waals surface area contributed by atoms with Crippen molar-refractivity contribution >= 4 is 11.8 Å². The Balaban J connectivity index is 2.06. The molecule has 2 aromatic rings. The van der Waals surface area contributed by atoms with E-state index in [0.29, 0.717) is 11.1 Å². The lowest BCUT2D eigenvalue weighted by molar-refractivity contribution is 0.0846. The fourth-order valence-corrected chi connectivity index (χ4v) is 3.18. The number of hydrogen-bond donors (Lipinski definition) is 2. The summed E-state index contributed by atoms with van der Waals surface area (Å²) in [5.41, 5.74) is 9.17. The maximum atomic E-state index is 12.4. The number of aryl methyl sites for hydroxylation is 1. The standard InChI is InChI=1S/C21H29N3O2/c1-13(2)24-14(3)12-18(15(24)4)20(26)23-22-19(25)16-8-10-17(11-9-16)21(5,6)7/h8-13H,1-7H3,(H,22,25)(H,23,26). The third-order valence-corrected chi connectivity index (χ3v) is 4.55. The highest BCUT2D eigenvalue weighted by molar-refractivity contribution is 5.99. The van der Waals surface area contributed by atoms with Crippen molar-refractivity contribution < 1.29 is 9.59 Å². The second-order valence-corrected chi connectivity index (χ2v) is 7.98. The number of amides is 2. The lowest BCUT2D eigenvalue weighted by Gasteiger charge is -2.19. The molecule has 1 aromatic carbocycles. The number of nitrogens with one attached hydrogen (secondary N) is 2. The molecule has 0 bridgehead atoms. The van der Waals surface area contributed by atoms with Crippen LogP contribution in [0, 0.1) is 13.8 Å². The van der Waals surface area contributed by atoms with Crippen LogP contribution in [0.1, 0.15) is 78.3 Å². The summed E-state index contributed by atoms with van der Waals surface area (Å²) in [7, 11) is 0. The van der Waals surface area contributed by atoms with Gasteiger partial charge in [0.25, 0.3) is 11.8 Å². The van der Waals surface area contributed by atoms with Crippen LogP contribution in [-0.4, -0.2) is 16.4 Å². The third-order valence-electron chi connectivity index (χ3n) is 4.55. The predicted molar refractivity (Wildman–Crippen MR) is 104 cm³/mol. The number of aromatic nitrogens is 1. The Morgan fingerprint density at radius 2 is 1.50 bits per heavy atom. The van der Waals surface area contributed by atoms with Crippen molar-refractivity contribution in [2.24, 2.45) is 0 Å². The number of carbonyl (C=O) groups is 2. The van der Waals surface area contributed by atoms with Crippen LogP contribution in [0.5, 0.6) is 0 Å². The van der Waals surface area contributed by atoms with Crippen molar-refractivity contribution in [3.8, 4) is 0 Å². The molecule has 5 nitrogen and oxygen atoms in total. The van der Waals surface area contributed by atoms with Gasteiger partial charge in [-0.2, -0.15) is 0 Å². The zero-order chi connectivity index (χ0) is 19.6. The van der Waals surface area contributed by atoms with E-state index in [9.17, 15) is 9.59 Å². The summed E-state index contributed by atoms with van der Waals surface area (Å²) in [5, 5.41) is 0. The molecule has 2 rings (SSSR count). The van der Waals surface area contributed by atoms with Gasteiger partial charge in [0, 0.05) is 23.0 Å². The van der Waals surface area contributed by atoms with Crippen molar-refractivity contribution in [2.75, 3.05) is 0 Å². The van der Waals surface area contributed by atoms with Crippen LogP contribution in [0.25, 0.3) is 0 Å². The van der Waals surface area contributed by atoms with E-state index >= 15 is 0 Å². The van der Waals surface area contributed by atoms with Crippen molar-refractivity contribution in [3.05, 3.63) is 58.4 Å². The smallest absolute Gasteiger partial charge is 0.271 e. The Hall–Kier alpha value is -2.56. The fourth-order valence-electron chi connectivity index (χ4n) is 3.18. The molecule has 5 heteroatoms. The lowest BCUT2D eigenvalue weighted by Crippen LogP contribution is -2.41. The molecule has 0 radical (unpaired) electrons. The molecule has 0 aliphatic heterocycles. The van der Waals surface area contributed by atoms with E-state index in [-0.39, 0.29) is 23.3 Å². The zero-order valence-electron chi connectivity index (χ0n) is 16.7. The highest BCUT2D eigenvalue weighted by Gasteiger charge is 2.18. The molecule has 2 N–H and O–H groups in total. The minimum absolute atomic E-state index is 0.0299. The van der Waals surface area contributed by atoms with Crippen LogP contribution < -0.4 is 10.9 Å². The van der Waals surface area contributed by atoms with Gasteiger partial charge < -0.3 is 4.57 Å². The Kier molecular flexibility index (Phi) is 5.59. The first-order valence-corrected chi connectivity index (χ1v) is 8.92. The number of benzene rings is 1. The van der Waals surface area contributed by atoms with Crippen molar-refractivity contribution in [1.82, 2.24) is 15.4 Å². The van der Waals surface area contributed by atoms with Gasteiger partial charge in [-0.3, -0.25) is 20.4 Å². The number of rotatable bonds is 3. The molecular formula is C21H29N3O2. The van der Waals surface area contributed by atoms with Gasteiger partial charge in [-0.05, 0) is 56.9 Å². The van der Waals surface area contributed by atoms with E-state index in [1.807, 2.05) is 32.0 Å². The van der Waals surface area contributed by atoms with E-state index < -0.39 is 0 Å². The molecule has 0 saturated heterocycles. The molecule has 0 atom stereocenters. The molecule has 0 unspecified atom stereocenters. The number of carbonyl (C=O) groups excluding carboxylic acids is 2. The molecule has 0 fully saturated rings. The number of hydrogen-bond acceptors (Lipinski definition) is 2. The molecule has 0 aliphatic carbocycles. The van der Waals surface area contributed by atoms with Gasteiger partial charge in [0.05, 0.1) is 5.56 Å². The van der Waals surface area contributed by atoms with Gasteiger partial charge in [0.15, 0.2) is 0 Å². The second kappa shape index (κ2) is 7.36. The lowest BCUT2D eigenvalue weighted by atomic mass is 9.87. The summed E-state index contributed by atoms with van der Waals surface area (Å²) in [4.78, 5) is 24.7. The minimum Gasteiger partial charge on any atom is -0.346 e. The van der Waals surface area contributed by atoms with E-state index in [0.717, 1.165) is 17.0 Å². The summed E-state index contributed by atoms with van der Waals surface area (Å²) in [5.74, 6) is -0.652. The molecule has 1 aromatic heterocycles. The van der Waals surface area contributed by atoms with Crippen LogP contribution in [0.3, 0.4) is 0 Å². The molecule has 0 spiro atoms. The summed E-state index contributed by atoms with van der Waals surface area (Å²) >= 11 is 0. The maximum Gasteiger partial charge on any atom is 0.271 e. The summed E-state index contributed by atoms with van der Waals surface area (Å²) in [6, 6.07) is 9.53. The van der Waals surface area contributed by atoms with E-state index in [1.54, 1.807) is 12.1 Å². The Morgan fingerprint density at radius 1 is 0.962 bits per heavy atom. The Morgan fingerprint density at radius 3 is 1.96 bits per heavy atom. The summed E-state index contributed by atoms with van der Waals surface area (Å²) in [6.45, 7) is 14.4. The second-order valence-electron chi connectivity index (χ2n) is 7.98. The van der Waals surface area contributed by atoms with E-state index in [1.165, 1.54) is 0 Å². The SMILES string of the molecule is Cc1cc(C(=O)NNC(=O)c2ccc(C(C)(C)C)cc2)c(C)n1C(C)C. The summed E-state index contributed by atoms with van der Waals surface area (Å²) in [6.07, 6.45) is 0. The van der Waals surface area contributed by atoms with Gasteiger partial charge in [0.2, 0.25) is 0 Å². The average molecular weight is 355 g/mol. The minimum atomic E-state index is -0.337. The molecular weight excluding hydrogens is 326 g/mol. The highest BCUT2D eigenvalue weighted by atomic mass is 16.2. The Labute approximate surface area is 155 Å². The zero-order valence-corrected chi connectivity index (χ0v) is 16.7. The van der Waals surface area contributed by atoms with Crippen molar-refractivity contribution in [3.63, 3.8) is 0 Å². The molecule has 2 amide bonds. The number of nitrogens with zero attached hydrogens (tertiary/aromatic N) is 1. The molecule has 1 heterocycles. The quantitative estimate of drug-likeness (QED) is 0.816. The van der Waals surface area contributed by atoms with Crippen molar-refractivity contribution in [1.29, 1.82) is 0 Å². The van der Waals surface area contributed by atoms with E-state index in [4.69, 9.17) is 0 Å². The largest absolute Gasteiger partial charge is 0.346 e. The first-order chi connectivity index (χ1) is 12.0. The van der Waals surface area contributed by atoms with Gasteiger partial charge in [0.1, 0.15) is 0 Å². The maximum absolute atomic E-state index is 12.4. The fraction of sp³-hybridized carbons (Fsp3) is 0.429. The normalized spacial score (nSPS) is 11.5. The topological polar surface area (TPSA) is 63.1 Å². The summed E-state index contributed by atoms with van der Waals surface area (Å²) < 4.78 is 2.10. The van der Waals surface area contributed by atoms with Gasteiger partial charge in [-0.15, -0.1) is 0 Å². The van der Waals surface area contributed by atoms with Crippen LogP contribution in [-0.2, 0) is 5.41 Å². The first-order valence-electron chi connectivity index (χ1n) is 8.92. The van der Waals surface area contributed by atoms with Gasteiger partial charge in [-0.1, -0.05) is 32.9 Å². The molecule has 140 valence electrons.